The largest absolute Gasteiger partial charge is 0.378 e. The summed E-state index contributed by atoms with van der Waals surface area (Å²) in [5.41, 5.74) is 2.62. The molecule has 6 nitrogen and oxygen atoms in total. The van der Waals surface area contributed by atoms with Gasteiger partial charge < -0.3 is 9.64 Å². The quantitative estimate of drug-likeness (QED) is 0.786. The summed E-state index contributed by atoms with van der Waals surface area (Å²) in [6.45, 7) is 3.74. The van der Waals surface area contributed by atoms with Crippen LogP contribution in [0.15, 0.2) is 24.3 Å². The standard InChI is InChI=1S/C20H28N2O4S/c1-27(24,25)22-8-6-20(7-9-22)15-16(17-4-2-3-5-18(17)20)14-19(23)21-10-12-26-13-11-21/h2-5,16H,6-15H2,1H3/t16-/m0/s1. The molecule has 2 fully saturated rings. The van der Waals surface area contributed by atoms with Gasteiger partial charge in [0.2, 0.25) is 15.9 Å². The molecule has 1 aromatic carbocycles. The van der Waals surface area contributed by atoms with Crippen molar-refractivity contribution < 1.29 is 17.9 Å². The molecule has 0 radical (unpaired) electrons. The van der Waals surface area contributed by atoms with Gasteiger partial charge in [-0.25, -0.2) is 12.7 Å². The average molecular weight is 393 g/mol. The van der Waals surface area contributed by atoms with E-state index in [0.717, 1.165) is 19.3 Å². The summed E-state index contributed by atoms with van der Waals surface area (Å²) >= 11 is 0. The molecule has 0 N–H and O–H groups in total. The van der Waals surface area contributed by atoms with E-state index < -0.39 is 10.0 Å². The Hall–Kier alpha value is -1.44. The van der Waals surface area contributed by atoms with Gasteiger partial charge in [-0.05, 0) is 41.7 Å². The zero-order chi connectivity index (χ0) is 19.1. The highest BCUT2D eigenvalue weighted by atomic mass is 32.2. The Bertz CT molecular complexity index is 809. The van der Waals surface area contributed by atoms with Gasteiger partial charge in [-0.2, -0.15) is 0 Å². The third-order valence-electron chi connectivity index (χ3n) is 6.54. The van der Waals surface area contributed by atoms with Crippen LogP contribution in [-0.2, 0) is 25.0 Å². The maximum Gasteiger partial charge on any atom is 0.223 e. The smallest absolute Gasteiger partial charge is 0.223 e. The van der Waals surface area contributed by atoms with Gasteiger partial charge in [0.15, 0.2) is 0 Å². The Morgan fingerprint density at radius 1 is 1.15 bits per heavy atom. The SMILES string of the molecule is CS(=O)(=O)N1CCC2(CC1)C[C@H](CC(=O)N1CCOCC1)c1ccccc12. The average Bonchev–Trinajstić information content (AvgIpc) is 2.95. The first-order valence-corrected chi connectivity index (χ1v) is 11.6. The minimum Gasteiger partial charge on any atom is -0.378 e. The fourth-order valence-corrected chi connectivity index (χ4v) is 5.93. The molecule has 0 saturated carbocycles. The lowest BCUT2D eigenvalue weighted by atomic mass is 9.73. The highest BCUT2D eigenvalue weighted by molar-refractivity contribution is 7.88. The number of carbonyl (C=O) groups is 1. The molecule has 2 saturated heterocycles. The second-order valence-electron chi connectivity index (χ2n) is 8.13. The number of hydrogen-bond acceptors (Lipinski definition) is 4. The van der Waals surface area contributed by atoms with Crippen LogP contribution >= 0.6 is 0 Å². The number of nitrogens with zero attached hydrogens (tertiary/aromatic N) is 2. The van der Waals surface area contributed by atoms with Crippen LogP contribution in [0.3, 0.4) is 0 Å². The van der Waals surface area contributed by atoms with Gasteiger partial charge >= 0.3 is 0 Å². The molecular weight excluding hydrogens is 364 g/mol. The molecule has 0 aromatic heterocycles. The monoisotopic (exact) mass is 392 g/mol. The Morgan fingerprint density at radius 3 is 2.48 bits per heavy atom. The predicted octanol–water partition coefficient (Wildman–Crippen LogP) is 1.72. The number of hydrogen-bond donors (Lipinski definition) is 0. The number of fused-ring (bicyclic) bond motifs is 2. The van der Waals surface area contributed by atoms with E-state index in [2.05, 4.69) is 24.3 Å². The van der Waals surface area contributed by atoms with Gasteiger partial charge in [0.05, 0.1) is 19.5 Å². The number of rotatable bonds is 3. The molecule has 4 rings (SSSR count). The van der Waals surface area contributed by atoms with Crippen molar-refractivity contribution in [1.29, 1.82) is 0 Å². The fourth-order valence-electron chi connectivity index (χ4n) is 5.08. The number of amides is 1. The third kappa shape index (κ3) is 3.65. The van der Waals surface area contributed by atoms with E-state index in [1.54, 1.807) is 4.31 Å². The molecule has 148 valence electrons. The van der Waals surface area contributed by atoms with Crippen molar-refractivity contribution in [2.24, 2.45) is 0 Å². The Balaban J connectivity index is 1.52. The lowest BCUT2D eigenvalue weighted by Crippen LogP contribution is -2.44. The van der Waals surface area contributed by atoms with Crippen LogP contribution in [0.4, 0.5) is 0 Å². The summed E-state index contributed by atoms with van der Waals surface area (Å²) in [7, 11) is -3.14. The molecule has 27 heavy (non-hydrogen) atoms. The number of morpholine rings is 1. The van der Waals surface area contributed by atoms with E-state index in [0.29, 0.717) is 45.8 Å². The molecule has 1 aliphatic carbocycles. The van der Waals surface area contributed by atoms with Crippen LogP contribution in [0.1, 0.15) is 42.7 Å². The lowest BCUT2D eigenvalue weighted by Gasteiger charge is -2.39. The number of ether oxygens (including phenoxy) is 1. The molecule has 1 aromatic rings. The number of benzene rings is 1. The molecule has 0 unspecified atom stereocenters. The second kappa shape index (κ2) is 7.18. The van der Waals surface area contributed by atoms with Crippen molar-refractivity contribution in [2.75, 3.05) is 45.6 Å². The highest BCUT2D eigenvalue weighted by Gasteiger charge is 2.46. The highest BCUT2D eigenvalue weighted by Crippen LogP contribution is 2.52. The van der Waals surface area contributed by atoms with Crippen molar-refractivity contribution in [1.82, 2.24) is 9.21 Å². The zero-order valence-electron chi connectivity index (χ0n) is 15.9. The van der Waals surface area contributed by atoms with Crippen LogP contribution in [0.25, 0.3) is 0 Å². The summed E-state index contributed by atoms with van der Waals surface area (Å²) in [6.07, 6.45) is 4.44. The number of piperidine rings is 1. The summed E-state index contributed by atoms with van der Waals surface area (Å²) < 4.78 is 30.7. The van der Waals surface area contributed by atoms with E-state index in [-0.39, 0.29) is 17.2 Å². The molecule has 2 heterocycles. The maximum absolute atomic E-state index is 12.8. The predicted molar refractivity (Wildman–Crippen MR) is 103 cm³/mol. The molecule has 7 heteroatoms. The van der Waals surface area contributed by atoms with Gasteiger partial charge in [0, 0.05) is 32.6 Å². The van der Waals surface area contributed by atoms with Crippen LogP contribution in [0.2, 0.25) is 0 Å². The molecule has 1 atom stereocenters. The topological polar surface area (TPSA) is 66.9 Å². The maximum atomic E-state index is 12.8. The van der Waals surface area contributed by atoms with E-state index in [4.69, 9.17) is 4.74 Å². The van der Waals surface area contributed by atoms with Gasteiger partial charge in [-0.15, -0.1) is 0 Å². The molecular formula is C20H28N2O4S. The van der Waals surface area contributed by atoms with E-state index in [9.17, 15) is 13.2 Å². The molecule has 3 aliphatic rings. The van der Waals surface area contributed by atoms with E-state index >= 15 is 0 Å². The summed E-state index contributed by atoms with van der Waals surface area (Å²) in [5, 5.41) is 0. The van der Waals surface area contributed by atoms with Gasteiger partial charge in [0.1, 0.15) is 0 Å². The molecule has 0 bridgehead atoms. The van der Waals surface area contributed by atoms with Crippen molar-refractivity contribution in [3.63, 3.8) is 0 Å². The Morgan fingerprint density at radius 2 is 1.81 bits per heavy atom. The van der Waals surface area contributed by atoms with Gasteiger partial charge in [-0.1, -0.05) is 24.3 Å². The van der Waals surface area contributed by atoms with Crippen LogP contribution < -0.4 is 0 Å². The lowest BCUT2D eigenvalue weighted by molar-refractivity contribution is -0.135. The second-order valence-corrected chi connectivity index (χ2v) is 10.1. The van der Waals surface area contributed by atoms with Crippen molar-refractivity contribution in [3.8, 4) is 0 Å². The molecule has 1 amide bonds. The van der Waals surface area contributed by atoms with E-state index in [1.807, 2.05) is 4.90 Å². The number of sulfonamides is 1. The van der Waals surface area contributed by atoms with Crippen molar-refractivity contribution in [2.45, 2.75) is 37.0 Å². The van der Waals surface area contributed by atoms with Gasteiger partial charge in [-0.3, -0.25) is 4.79 Å². The third-order valence-corrected chi connectivity index (χ3v) is 7.85. The van der Waals surface area contributed by atoms with Crippen molar-refractivity contribution >= 4 is 15.9 Å². The first-order chi connectivity index (χ1) is 12.9. The number of carbonyl (C=O) groups excluding carboxylic acids is 1. The fraction of sp³-hybridized carbons (Fsp3) is 0.650. The van der Waals surface area contributed by atoms with Crippen molar-refractivity contribution in [3.05, 3.63) is 35.4 Å². The molecule has 2 aliphatic heterocycles. The van der Waals surface area contributed by atoms with Crippen LogP contribution in [0.5, 0.6) is 0 Å². The summed E-state index contributed by atoms with van der Waals surface area (Å²) in [4.78, 5) is 14.7. The first kappa shape index (κ1) is 18.9. The molecule has 1 spiro atoms. The minimum absolute atomic E-state index is 0.00768. The van der Waals surface area contributed by atoms with Crippen LogP contribution in [0, 0.1) is 0 Å². The summed E-state index contributed by atoms with van der Waals surface area (Å²) in [5.74, 6) is 0.435. The van der Waals surface area contributed by atoms with E-state index in [1.165, 1.54) is 17.4 Å². The Kier molecular flexibility index (Phi) is 5.03. The first-order valence-electron chi connectivity index (χ1n) is 9.79. The Labute approximate surface area is 161 Å². The minimum atomic E-state index is -3.14. The van der Waals surface area contributed by atoms with Gasteiger partial charge in [0.25, 0.3) is 0 Å². The normalized spacial score (nSPS) is 25.5. The zero-order valence-corrected chi connectivity index (χ0v) is 16.7. The van der Waals surface area contributed by atoms with Crippen LogP contribution in [-0.4, -0.2) is 69.2 Å². The summed E-state index contributed by atoms with van der Waals surface area (Å²) in [6, 6.07) is 8.46.